The summed E-state index contributed by atoms with van der Waals surface area (Å²) in [5, 5.41) is 11.1. The van der Waals surface area contributed by atoms with E-state index in [0.29, 0.717) is 11.9 Å². The predicted octanol–water partition coefficient (Wildman–Crippen LogP) is 5.02. The predicted molar refractivity (Wildman–Crippen MR) is 91.9 cm³/mol. The lowest BCUT2D eigenvalue weighted by Gasteiger charge is -2.10. The van der Waals surface area contributed by atoms with Gasteiger partial charge in [-0.1, -0.05) is 38.7 Å². The number of rotatable bonds is 5. The zero-order valence-electron chi connectivity index (χ0n) is 12.8. The number of hydrogen-bond donors (Lipinski definition) is 1. The summed E-state index contributed by atoms with van der Waals surface area (Å²) >= 11 is 3.39. The van der Waals surface area contributed by atoms with Gasteiger partial charge >= 0.3 is 6.01 Å². The van der Waals surface area contributed by atoms with Gasteiger partial charge in [0, 0.05) is 10.2 Å². The topological polar surface area (TPSA) is 60.2 Å². The van der Waals surface area contributed by atoms with Gasteiger partial charge < -0.3 is 14.5 Å². The van der Waals surface area contributed by atoms with Crippen LogP contribution in [0.3, 0.4) is 0 Å². The second kappa shape index (κ2) is 6.83. The quantitative estimate of drug-likeness (QED) is 0.679. The Morgan fingerprint density at radius 3 is 2.43 bits per heavy atom. The van der Waals surface area contributed by atoms with Crippen LogP contribution in [0.15, 0.2) is 57.4 Å². The Bertz CT molecular complexity index is 769. The van der Waals surface area contributed by atoms with Crippen molar-refractivity contribution in [3.63, 3.8) is 0 Å². The highest BCUT2D eigenvalue weighted by Gasteiger charge is 2.15. The van der Waals surface area contributed by atoms with Crippen LogP contribution in [0.2, 0.25) is 0 Å². The van der Waals surface area contributed by atoms with Crippen LogP contribution in [0.5, 0.6) is 5.75 Å². The molecule has 0 bridgehead atoms. The van der Waals surface area contributed by atoms with E-state index in [1.54, 1.807) is 0 Å². The van der Waals surface area contributed by atoms with Crippen LogP contribution in [-0.2, 0) is 0 Å². The van der Waals surface area contributed by atoms with Crippen molar-refractivity contribution in [2.24, 2.45) is 0 Å². The Hall–Kier alpha value is -2.34. The summed E-state index contributed by atoms with van der Waals surface area (Å²) in [7, 11) is 0. The Balaban J connectivity index is 1.66. The highest BCUT2D eigenvalue weighted by atomic mass is 79.9. The van der Waals surface area contributed by atoms with Crippen LogP contribution >= 0.6 is 15.9 Å². The molecule has 0 fully saturated rings. The molecule has 1 atom stereocenters. The molecule has 1 unspecified atom stereocenters. The van der Waals surface area contributed by atoms with Crippen LogP contribution in [0.25, 0.3) is 0 Å². The van der Waals surface area contributed by atoms with E-state index in [1.807, 2.05) is 62.4 Å². The van der Waals surface area contributed by atoms with Crippen molar-refractivity contribution in [3.05, 3.63) is 64.5 Å². The summed E-state index contributed by atoms with van der Waals surface area (Å²) in [6.45, 7) is 3.90. The van der Waals surface area contributed by atoms with Gasteiger partial charge in [-0.2, -0.15) is 0 Å². The third-order valence-corrected chi connectivity index (χ3v) is 3.75. The lowest BCUT2D eigenvalue weighted by Crippen LogP contribution is -2.03. The molecule has 0 radical (unpaired) electrons. The van der Waals surface area contributed by atoms with E-state index < -0.39 is 0 Å². The Labute approximate surface area is 142 Å². The first-order chi connectivity index (χ1) is 11.1. The van der Waals surface area contributed by atoms with Crippen molar-refractivity contribution < 1.29 is 9.15 Å². The minimum atomic E-state index is -0.336. The average molecular weight is 374 g/mol. The van der Waals surface area contributed by atoms with Gasteiger partial charge in [0.05, 0.1) is 0 Å². The smallest absolute Gasteiger partial charge is 0.320 e. The molecule has 3 aromatic rings. The summed E-state index contributed by atoms with van der Waals surface area (Å²) in [4.78, 5) is 0. The van der Waals surface area contributed by atoms with Crippen molar-refractivity contribution in [1.82, 2.24) is 10.2 Å². The third-order valence-electron chi connectivity index (χ3n) is 3.22. The van der Waals surface area contributed by atoms with Gasteiger partial charge in [-0.25, -0.2) is 0 Å². The molecule has 0 saturated carbocycles. The van der Waals surface area contributed by atoms with Crippen LogP contribution in [0, 0.1) is 6.92 Å². The molecule has 0 aliphatic rings. The molecule has 0 aliphatic heterocycles. The van der Waals surface area contributed by atoms with Gasteiger partial charge in [-0.3, -0.25) is 0 Å². The van der Waals surface area contributed by atoms with Gasteiger partial charge in [0.25, 0.3) is 5.89 Å². The summed E-state index contributed by atoms with van der Waals surface area (Å²) < 4.78 is 12.4. The van der Waals surface area contributed by atoms with Gasteiger partial charge in [0.15, 0.2) is 6.10 Å². The second-order valence-electron chi connectivity index (χ2n) is 5.15. The molecule has 0 spiro atoms. The molecule has 0 aliphatic carbocycles. The first kappa shape index (κ1) is 15.6. The maximum absolute atomic E-state index is 5.79. The van der Waals surface area contributed by atoms with E-state index in [0.717, 1.165) is 15.9 Å². The first-order valence-electron chi connectivity index (χ1n) is 7.19. The molecule has 2 aromatic carbocycles. The summed E-state index contributed by atoms with van der Waals surface area (Å²) in [5.74, 6) is 1.16. The molecule has 0 saturated heterocycles. The normalized spacial score (nSPS) is 12.0. The molecule has 5 nitrogen and oxygen atoms in total. The second-order valence-corrected chi connectivity index (χ2v) is 6.07. The lowest BCUT2D eigenvalue weighted by atomic mass is 10.2. The van der Waals surface area contributed by atoms with E-state index in [1.165, 1.54) is 5.56 Å². The monoisotopic (exact) mass is 373 g/mol. The highest BCUT2D eigenvalue weighted by Crippen LogP contribution is 2.24. The fourth-order valence-corrected chi connectivity index (χ4v) is 2.24. The van der Waals surface area contributed by atoms with Crippen molar-refractivity contribution in [2.75, 3.05) is 5.32 Å². The number of nitrogens with one attached hydrogen (secondary N) is 1. The average Bonchev–Trinajstić information content (AvgIpc) is 3.00. The van der Waals surface area contributed by atoms with Crippen LogP contribution in [0.4, 0.5) is 11.7 Å². The largest absolute Gasteiger partial charge is 0.481 e. The molecular formula is C17H16BrN3O2. The maximum Gasteiger partial charge on any atom is 0.320 e. The van der Waals surface area contributed by atoms with Gasteiger partial charge in [0.1, 0.15) is 5.75 Å². The SMILES string of the molecule is Cc1ccc(Nc2nnc(C(C)Oc3ccc(Br)cc3)o2)cc1. The minimum absolute atomic E-state index is 0.336. The summed E-state index contributed by atoms with van der Waals surface area (Å²) in [5.41, 5.74) is 2.09. The molecule has 0 amide bonds. The van der Waals surface area contributed by atoms with E-state index in [9.17, 15) is 0 Å². The molecule has 6 heteroatoms. The standard InChI is InChI=1S/C17H16BrN3O2/c1-11-3-7-14(8-4-11)19-17-21-20-16(23-17)12(2)22-15-9-5-13(18)6-10-15/h3-10,12H,1-2H3,(H,19,21). The van der Waals surface area contributed by atoms with Crippen molar-refractivity contribution in [3.8, 4) is 5.75 Å². The fraction of sp³-hybridized carbons (Fsp3) is 0.176. The van der Waals surface area contributed by atoms with Crippen molar-refractivity contribution >= 4 is 27.6 Å². The molecule has 1 aromatic heterocycles. The Morgan fingerprint density at radius 1 is 1.04 bits per heavy atom. The van der Waals surface area contributed by atoms with E-state index in [2.05, 4.69) is 31.4 Å². The van der Waals surface area contributed by atoms with Crippen LogP contribution < -0.4 is 10.1 Å². The number of anilines is 2. The highest BCUT2D eigenvalue weighted by molar-refractivity contribution is 9.10. The van der Waals surface area contributed by atoms with Crippen molar-refractivity contribution in [2.45, 2.75) is 20.0 Å². The Kier molecular flexibility index (Phi) is 4.62. The van der Waals surface area contributed by atoms with Crippen LogP contribution in [0.1, 0.15) is 24.5 Å². The lowest BCUT2D eigenvalue weighted by molar-refractivity contribution is 0.190. The summed E-state index contributed by atoms with van der Waals surface area (Å²) in [6.07, 6.45) is -0.336. The zero-order valence-corrected chi connectivity index (χ0v) is 14.4. The number of hydrogen-bond acceptors (Lipinski definition) is 5. The fourth-order valence-electron chi connectivity index (χ4n) is 1.98. The number of aromatic nitrogens is 2. The van der Waals surface area contributed by atoms with Gasteiger partial charge in [0.2, 0.25) is 0 Å². The van der Waals surface area contributed by atoms with Gasteiger partial charge in [-0.15, -0.1) is 5.10 Å². The molecule has 3 rings (SSSR count). The van der Waals surface area contributed by atoms with E-state index >= 15 is 0 Å². The Morgan fingerprint density at radius 2 is 1.74 bits per heavy atom. The van der Waals surface area contributed by atoms with Crippen LogP contribution in [-0.4, -0.2) is 10.2 Å². The van der Waals surface area contributed by atoms with E-state index in [-0.39, 0.29) is 6.10 Å². The number of nitrogens with zero attached hydrogens (tertiary/aromatic N) is 2. The van der Waals surface area contributed by atoms with E-state index in [4.69, 9.17) is 9.15 Å². The number of benzene rings is 2. The molecule has 118 valence electrons. The zero-order chi connectivity index (χ0) is 16.2. The number of aryl methyl sites for hydroxylation is 1. The minimum Gasteiger partial charge on any atom is -0.481 e. The molecule has 23 heavy (non-hydrogen) atoms. The number of halogens is 1. The number of ether oxygens (including phenoxy) is 1. The maximum atomic E-state index is 5.79. The van der Waals surface area contributed by atoms with Gasteiger partial charge in [-0.05, 0) is 50.2 Å². The van der Waals surface area contributed by atoms with Crippen molar-refractivity contribution in [1.29, 1.82) is 0 Å². The molecule has 1 heterocycles. The third kappa shape index (κ3) is 4.10. The summed E-state index contributed by atoms with van der Waals surface area (Å²) in [6, 6.07) is 15.9. The molecule has 1 N–H and O–H groups in total. The first-order valence-corrected chi connectivity index (χ1v) is 7.99. The molecular weight excluding hydrogens is 358 g/mol.